The molecule has 2 aliphatic rings. The van der Waals surface area contributed by atoms with Crippen molar-refractivity contribution in [2.45, 2.75) is 37.8 Å². The van der Waals surface area contributed by atoms with Crippen LogP contribution in [0, 0.1) is 0 Å². The number of hydrogen-bond acceptors (Lipinski definition) is 4. The molecular weight excluding hydrogens is 347 g/mol. The summed E-state index contributed by atoms with van der Waals surface area (Å²) in [4.78, 5) is 0. The minimum absolute atomic E-state index is 0. The first-order valence-corrected chi connectivity index (χ1v) is 8.40. The standard InChI is InChI=1S/C16H24N6.2ClH/c1-5-17-6-2-15(1)21-11-13(9-19-21)14-10-20-22(12-14)16-3-7-18-8-4-16;;/h9-12,15-18H,1-8H2;2*1H. The van der Waals surface area contributed by atoms with E-state index in [1.54, 1.807) is 0 Å². The highest BCUT2D eigenvalue weighted by Gasteiger charge is 2.18. The second-order valence-corrected chi connectivity index (χ2v) is 6.38. The molecule has 134 valence electrons. The Morgan fingerprint density at radius 2 is 1.08 bits per heavy atom. The number of rotatable bonds is 3. The second-order valence-electron chi connectivity index (χ2n) is 6.38. The SMILES string of the molecule is Cl.Cl.c1nn(C2CCNCC2)cc1-c1cnn(C2CCNCC2)c1. The molecule has 2 aliphatic heterocycles. The zero-order chi connectivity index (χ0) is 14.8. The summed E-state index contributed by atoms with van der Waals surface area (Å²) < 4.78 is 4.27. The summed E-state index contributed by atoms with van der Waals surface area (Å²) >= 11 is 0. The number of halogens is 2. The number of nitrogens with one attached hydrogen (secondary N) is 2. The van der Waals surface area contributed by atoms with Gasteiger partial charge in [-0.15, -0.1) is 24.8 Å². The van der Waals surface area contributed by atoms with Crippen LogP contribution in [0.2, 0.25) is 0 Å². The van der Waals surface area contributed by atoms with Gasteiger partial charge in [0.05, 0.1) is 24.5 Å². The summed E-state index contributed by atoms with van der Waals surface area (Å²) in [5.41, 5.74) is 2.36. The highest BCUT2D eigenvalue weighted by Crippen LogP contribution is 2.25. The lowest BCUT2D eigenvalue weighted by molar-refractivity contribution is 0.343. The summed E-state index contributed by atoms with van der Waals surface area (Å²) in [6.45, 7) is 4.36. The number of hydrogen-bond donors (Lipinski definition) is 2. The predicted octanol–water partition coefficient (Wildman–Crippen LogP) is 2.44. The van der Waals surface area contributed by atoms with Crippen molar-refractivity contribution in [3.8, 4) is 11.1 Å². The van der Waals surface area contributed by atoms with E-state index in [9.17, 15) is 0 Å². The van der Waals surface area contributed by atoms with Gasteiger partial charge in [0, 0.05) is 23.5 Å². The van der Waals surface area contributed by atoms with Gasteiger partial charge in [0.2, 0.25) is 0 Å². The summed E-state index contributed by atoms with van der Waals surface area (Å²) in [5.74, 6) is 0. The first-order chi connectivity index (χ1) is 10.9. The van der Waals surface area contributed by atoms with E-state index in [2.05, 4.69) is 42.6 Å². The van der Waals surface area contributed by atoms with Gasteiger partial charge in [-0.3, -0.25) is 9.36 Å². The Kier molecular flexibility index (Phi) is 7.10. The Labute approximate surface area is 155 Å². The van der Waals surface area contributed by atoms with Crippen molar-refractivity contribution in [3.05, 3.63) is 24.8 Å². The Bertz CT molecular complexity index is 559. The van der Waals surface area contributed by atoms with Crippen LogP contribution < -0.4 is 10.6 Å². The van der Waals surface area contributed by atoms with E-state index in [1.165, 1.54) is 11.1 Å². The van der Waals surface area contributed by atoms with Crippen LogP contribution in [0.1, 0.15) is 37.8 Å². The average Bonchev–Trinajstić information content (AvgIpc) is 3.26. The number of aromatic nitrogens is 4. The highest BCUT2D eigenvalue weighted by atomic mass is 35.5. The molecule has 0 atom stereocenters. The fraction of sp³-hybridized carbons (Fsp3) is 0.625. The van der Waals surface area contributed by atoms with Crippen LogP contribution in [0.25, 0.3) is 11.1 Å². The molecule has 2 fully saturated rings. The molecule has 0 unspecified atom stereocenters. The zero-order valence-electron chi connectivity index (χ0n) is 13.7. The maximum absolute atomic E-state index is 4.58. The van der Waals surface area contributed by atoms with E-state index in [0.29, 0.717) is 12.1 Å². The first kappa shape index (κ1) is 19.2. The molecule has 0 amide bonds. The summed E-state index contributed by atoms with van der Waals surface area (Å²) in [6.07, 6.45) is 13.0. The quantitative estimate of drug-likeness (QED) is 0.868. The Morgan fingerprint density at radius 1 is 0.708 bits per heavy atom. The minimum Gasteiger partial charge on any atom is -0.317 e. The van der Waals surface area contributed by atoms with Crippen molar-refractivity contribution < 1.29 is 0 Å². The lowest BCUT2D eigenvalue weighted by Gasteiger charge is -2.22. The van der Waals surface area contributed by atoms with E-state index >= 15 is 0 Å². The van der Waals surface area contributed by atoms with Gasteiger partial charge in [-0.25, -0.2) is 0 Å². The first-order valence-electron chi connectivity index (χ1n) is 8.40. The summed E-state index contributed by atoms with van der Waals surface area (Å²) in [5, 5.41) is 16.0. The molecule has 4 rings (SSSR count). The Balaban J connectivity index is 0.00000104. The summed E-state index contributed by atoms with van der Waals surface area (Å²) in [7, 11) is 0. The molecule has 0 aromatic carbocycles. The van der Waals surface area contributed by atoms with Gasteiger partial charge in [-0.1, -0.05) is 0 Å². The molecule has 4 heterocycles. The van der Waals surface area contributed by atoms with Crippen molar-refractivity contribution in [2.24, 2.45) is 0 Å². The van der Waals surface area contributed by atoms with E-state index in [1.807, 2.05) is 12.4 Å². The van der Waals surface area contributed by atoms with Gasteiger partial charge < -0.3 is 10.6 Å². The van der Waals surface area contributed by atoms with Crippen LogP contribution >= 0.6 is 24.8 Å². The molecule has 6 nitrogen and oxygen atoms in total. The molecule has 0 radical (unpaired) electrons. The number of nitrogens with zero attached hydrogens (tertiary/aromatic N) is 4. The van der Waals surface area contributed by atoms with E-state index in [0.717, 1.165) is 51.9 Å². The molecule has 24 heavy (non-hydrogen) atoms. The van der Waals surface area contributed by atoms with Crippen molar-refractivity contribution in [3.63, 3.8) is 0 Å². The molecule has 2 aromatic heterocycles. The van der Waals surface area contributed by atoms with E-state index in [4.69, 9.17) is 0 Å². The third kappa shape index (κ3) is 4.11. The smallest absolute Gasteiger partial charge is 0.0569 e. The van der Waals surface area contributed by atoms with Gasteiger partial charge in [-0.05, 0) is 51.9 Å². The Morgan fingerprint density at radius 3 is 1.46 bits per heavy atom. The third-order valence-electron chi connectivity index (χ3n) is 4.90. The van der Waals surface area contributed by atoms with Gasteiger partial charge in [0.25, 0.3) is 0 Å². The van der Waals surface area contributed by atoms with E-state index < -0.39 is 0 Å². The van der Waals surface area contributed by atoms with Crippen LogP contribution in [0.3, 0.4) is 0 Å². The maximum Gasteiger partial charge on any atom is 0.0569 e. The second kappa shape index (κ2) is 8.85. The van der Waals surface area contributed by atoms with Crippen molar-refractivity contribution >= 4 is 24.8 Å². The highest BCUT2D eigenvalue weighted by molar-refractivity contribution is 5.85. The molecule has 8 heteroatoms. The molecule has 2 saturated heterocycles. The average molecular weight is 373 g/mol. The van der Waals surface area contributed by atoms with Crippen LogP contribution in [0.4, 0.5) is 0 Å². The van der Waals surface area contributed by atoms with Crippen LogP contribution in [0.15, 0.2) is 24.8 Å². The van der Waals surface area contributed by atoms with Crippen molar-refractivity contribution in [2.75, 3.05) is 26.2 Å². The van der Waals surface area contributed by atoms with Crippen LogP contribution in [-0.4, -0.2) is 45.7 Å². The molecule has 0 aliphatic carbocycles. The van der Waals surface area contributed by atoms with Gasteiger partial charge in [0.1, 0.15) is 0 Å². The topological polar surface area (TPSA) is 59.7 Å². The fourth-order valence-corrected chi connectivity index (χ4v) is 3.52. The molecule has 2 aromatic rings. The lowest BCUT2D eigenvalue weighted by Crippen LogP contribution is -2.29. The zero-order valence-corrected chi connectivity index (χ0v) is 15.4. The molecular formula is C16H26Cl2N6. The molecule has 0 spiro atoms. The molecule has 0 saturated carbocycles. The third-order valence-corrected chi connectivity index (χ3v) is 4.90. The minimum atomic E-state index is 0. The van der Waals surface area contributed by atoms with Gasteiger partial charge in [-0.2, -0.15) is 10.2 Å². The monoisotopic (exact) mass is 372 g/mol. The lowest BCUT2D eigenvalue weighted by atomic mass is 10.1. The van der Waals surface area contributed by atoms with Crippen LogP contribution in [-0.2, 0) is 0 Å². The normalized spacial score (nSPS) is 19.5. The van der Waals surface area contributed by atoms with Crippen LogP contribution in [0.5, 0.6) is 0 Å². The summed E-state index contributed by atoms with van der Waals surface area (Å²) in [6, 6.07) is 1.07. The van der Waals surface area contributed by atoms with Gasteiger partial charge in [0.15, 0.2) is 0 Å². The maximum atomic E-state index is 4.58. The molecule has 0 bridgehead atoms. The fourth-order valence-electron chi connectivity index (χ4n) is 3.52. The van der Waals surface area contributed by atoms with Gasteiger partial charge >= 0.3 is 0 Å². The largest absolute Gasteiger partial charge is 0.317 e. The van der Waals surface area contributed by atoms with Crippen molar-refractivity contribution in [1.29, 1.82) is 0 Å². The van der Waals surface area contributed by atoms with Crippen molar-refractivity contribution in [1.82, 2.24) is 30.2 Å². The van der Waals surface area contributed by atoms with E-state index in [-0.39, 0.29) is 24.8 Å². The number of piperidine rings is 2. The molecule has 2 N–H and O–H groups in total. The Hall–Kier alpha value is -1.08. The predicted molar refractivity (Wildman–Crippen MR) is 100 cm³/mol.